The van der Waals surface area contributed by atoms with Crippen molar-refractivity contribution in [1.29, 1.82) is 0 Å². The Bertz CT molecular complexity index is 1410. The van der Waals surface area contributed by atoms with E-state index in [0.717, 1.165) is 45.2 Å². The van der Waals surface area contributed by atoms with Gasteiger partial charge in [0.2, 0.25) is 5.16 Å². The van der Waals surface area contributed by atoms with Crippen LogP contribution in [0.3, 0.4) is 0 Å². The normalized spacial score (nSPS) is 11.1. The van der Waals surface area contributed by atoms with Crippen molar-refractivity contribution in [1.82, 2.24) is 25.5 Å². The van der Waals surface area contributed by atoms with Crippen molar-refractivity contribution in [3.05, 3.63) is 108 Å². The van der Waals surface area contributed by atoms with Crippen LogP contribution in [-0.4, -0.2) is 32.5 Å². The summed E-state index contributed by atoms with van der Waals surface area (Å²) < 4.78 is 21.9. The molecule has 0 aliphatic heterocycles. The Labute approximate surface area is 207 Å². The number of para-hydroxylation sites is 1. The SMILES string of the molecule is Fc1ccccc1COc1ccc2ccccc2c1CNCCSc1nnnn1-c1ccccc1. The maximum absolute atomic E-state index is 14.1. The lowest BCUT2D eigenvalue weighted by Crippen LogP contribution is -2.18. The van der Waals surface area contributed by atoms with E-state index in [1.54, 1.807) is 28.6 Å². The van der Waals surface area contributed by atoms with Crippen molar-refractivity contribution in [2.45, 2.75) is 18.3 Å². The Balaban J connectivity index is 1.24. The zero-order chi connectivity index (χ0) is 23.9. The molecule has 5 rings (SSSR count). The third kappa shape index (κ3) is 5.50. The van der Waals surface area contributed by atoms with Gasteiger partial charge in [-0.15, -0.1) is 5.10 Å². The van der Waals surface area contributed by atoms with Crippen LogP contribution in [0.15, 0.2) is 96.2 Å². The number of rotatable bonds is 10. The van der Waals surface area contributed by atoms with Crippen molar-refractivity contribution < 1.29 is 9.13 Å². The van der Waals surface area contributed by atoms with E-state index in [1.165, 1.54) is 6.07 Å². The quantitative estimate of drug-likeness (QED) is 0.211. The van der Waals surface area contributed by atoms with Gasteiger partial charge in [-0.3, -0.25) is 0 Å². The summed E-state index contributed by atoms with van der Waals surface area (Å²) in [6, 6.07) is 28.7. The first-order valence-electron chi connectivity index (χ1n) is 11.3. The Hall–Kier alpha value is -3.75. The largest absolute Gasteiger partial charge is 0.488 e. The lowest BCUT2D eigenvalue weighted by Gasteiger charge is -2.15. The second-order valence-electron chi connectivity index (χ2n) is 7.88. The molecule has 6 nitrogen and oxygen atoms in total. The number of thioether (sulfide) groups is 1. The molecule has 0 radical (unpaired) electrons. The van der Waals surface area contributed by atoms with E-state index in [4.69, 9.17) is 4.74 Å². The van der Waals surface area contributed by atoms with Crippen LogP contribution in [0.25, 0.3) is 16.5 Å². The highest BCUT2D eigenvalue weighted by atomic mass is 32.2. The first-order valence-corrected chi connectivity index (χ1v) is 12.3. The fraction of sp³-hybridized carbons (Fsp3) is 0.148. The number of hydrogen-bond acceptors (Lipinski definition) is 6. The number of nitrogens with one attached hydrogen (secondary N) is 1. The van der Waals surface area contributed by atoms with Crippen LogP contribution in [0.2, 0.25) is 0 Å². The van der Waals surface area contributed by atoms with Gasteiger partial charge in [-0.25, -0.2) is 4.39 Å². The monoisotopic (exact) mass is 485 g/mol. The predicted molar refractivity (Wildman–Crippen MR) is 136 cm³/mol. The summed E-state index contributed by atoms with van der Waals surface area (Å²) in [5.41, 5.74) is 2.52. The number of ether oxygens (including phenoxy) is 1. The van der Waals surface area contributed by atoms with Crippen LogP contribution in [0.1, 0.15) is 11.1 Å². The van der Waals surface area contributed by atoms with Gasteiger partial charge in [0.05, 0.1) is 5.69 Å². The summed E-state index contributed by atoms with van der Waals surface area (Å²) in [7, 11) is 0. The van der Waals surface area contributed by atoms with Gasteiger partial charge in [0.1, 0.15) is 18.2 Å². The van der Waals surface area contributed by atoms with Gasteiger partial charge in [-0.05, 0) is 45.5 Å². The number of benzene rings is 4. The number of tetrazole rings is 1. The second kappa shape index (κ2) is 11.1. The summed E-state index contributed by atoms with van der Waals surface area (Å²) in [5, 5.41) is 18.6. The molecule has 1 N–H and O–H groups in total. The van der Waals surface area contributed by atoms with Crippen LogP contribution >= 0.6 is 11.8 Å². The molecule has 1 heterocycles. The Kier molecular flexibility index (Phi) is 7.31. The van der Waals surface area contributed by atoms with Crippen LogP contribution in [-0.2, 0) is 13.2 Å². The van der Waals surface area contributed by atoms with Gasteiger partial charge in [-0.2, -0.15) is 4.68 Å². The molecule has 8 heteroatoms. The van der Waals surface area contributed by atoms with Gasteiger partial charge in [0.25, 0.3) is 0 Å². The number of halogens is 1. The lowest BCUT2D eigenvalue weighted by atomic mass is 10.0. The standard InChI is InChI=1S/C27H24FN5OS/c28-25-13-7-5-9-21(25)19-34-26-15-14-20-8-4-6-12-23(20)24(26)18-29-16-17-35-27-30-31-32-33(27)22-10-2-1-3-11-22/h1-15,29H,16-19H2. The zero-order valence-corrected chi connectivity index (χ0v) is 19.8. The highest BCUT2D eigenvalue weighted by molar-refractivity contribution is 7.99. The minimum absolute atomic E-state index is 0.177. The fourth-order valence-electron chi connectivity index (χ4n) is 3.83. The van der Waals surface area contributed by atoms with Crippen LogP contribution in [0.4, 0.5) is 4.39 Å². The van der Waals surface area contributed by atoms with E-state index < -0.39 is 0 Å². The molecular formula is C27H24FN5OS. The Morgan fingerprint density at radius 1 is 0.886 bits per heavy atom. The van der Waals surface area contributed by atoms with E-state index in [9.17, 15) is 4.39 Å². The molecule has 5 aromatic rings. The summed E-state index contributed by atoms with van der Waals surface area (Å²) in [4.78, 5) is 0. The first-order chi connectivity index (χ1) is 17.3. The maximum Gasteiger partial charge on any atom is 0.214 e. The number of hydrogen-bond donors (Lipinski definition) is 1. The molecule has 1 aromatic heterocycles. The average molecular weight is 486 g/mol. The molecule has 4 aromatic carbocycles. The minimum atomic E-state index is -0.261. The van der Waals surface area contributed by atoms with Gasteiger partial charge in [0, 0.05) is 30.0 Å². The zero-order valence-electron chi connectivity index (χ0n) is 19.0. The van der Waals surface area contributed by atoms with Crippen molar-refractivity contribution in [3.8, 4) is 11.4 Å². The molecule has 0 aliphatic carbocycles. The highest BCUT2D eigenvalue weighted by Gasteiger charge is 2.11. The minimum Gasteiger partial charge on any atom is -0.488 e. The van der Waals surface area contributed by atoms with E-state index in [0.29, 0.717) is 12.1 Å². The fourth-order valence-corrected chi connectivity index (χ4v) is 4.62. The second-order valence-corrected chi connectivity index (χ2v) is 8.94. The lowest BCUT2D eigenvalue weighted by molar-refractivity contribution is 0.296. The van der Waals surface area contributed by atoms with Crippen molar-refractivity contribution >= 4 is 22.5 Å². The summed E-state index contributed by atoms with van der Waals surface area (Å²) in [5.74, 6) is 1.28. The highest BCUT2D eigenvalue weighted by Crippen LogP contribution is 2.29. The molecular weight excluding hydrogens is 461 g/mol. The molecule has 0 amide bonds. The van der Waals surface area contributed by atoms with Crippen molar-refractivity contribution in [3.63, 3.8) is 0 Å². The maximum atomic E-state index is 14.1. The number of fused-ring (bicyclic) bond motifs is 1. The van der Waals surface area contributed by atoms with Crippen LogP contribution < -0.4 is 10.1 Å². The van der Waals surface area contributed by atoms with E-state index in [-0.39, 0.29) is 12.4 Å². The van der Waals surface area contributed by atoms with Gasteiger partial charge < -0.3 is 10.1 Å². The molecule has 0 fully saturated rings. The molecule has 0 bridgehead atoms. The van der Waals surface area contributed by atoms with Crippen molar-refractivity contribution in [2.75, 3.05) is 12.3 Å². The number of aromatic nitrogens is 4. The molecule has 0 aliphatic rings. The van der Waals surface area contributed by atoms with Crippen LogP contribution in [0.5, 0.6) is 5.75 Å². The summed E-state index contributed by atoms with van der Waals surface area (Å²) >= 11 is 1.59. The van der Waals surface area contributed by atoms with Crippen molar-refractivity contribution in [2.24, 2.45) is 0 Å². The molecule has 176 valence electrons. The smallest absolute Gasteiger partial charge is 0.214 e. The van der Waals surface area contributed by atoms with Crippen LogP contribution in [0, 0.1) is 5.82 Å². The first kappa shape index (κ1) is 23.0. The summed E-state index contributed by atoms with van der Waals surface area (Å²) in [6.07, 6.45) is 0. The van der Waals surface area contributed by atoms with E-state index in [1.807, 2.05) is 60.7 Å². The van der Waals surface area contributed by atoms with E-state index in [2.05, 4.69) is 33.0 Å². The topological polar surface area (TPSA) is 64.9 Å². The molecule has 35 heavy (non-hydrogen) atoms. The molecule has 0 spiro atoms. The third-order valence-electron chi connectivity index (χ3n) is 5.59. The molecule has 0 atom stereocenters. The van der Waals surface area contributed by atoms with Gasteiger partial charge in [0.15, 0.2) is 0 Å². The third-order valence-corrected chi connectivity index (χ3v) is 6.51. The molecule has 0 saturated heterocycles. The Morgan fingerprint density at radius 2 is 1.69 bits per heavy atom. The van der Waals surface area contributed by atoms with Gasteiger partial charge in [-0.1, -0.05) is 78.5 Å². The molecule has 0 saturated carbocycles. The molecule has 0 unspecified atom stereocenters. The van der Waals surface area contributed by atoms with Gasteiger partial charge >= 0.3 is 0 Å². The number of nitrogens with zero attached hydrogens (tertiary/aromatic N) is 4. The average Bonchev–Trinajstić information content (AvgIpc) is 3.37. The van der Waals surface area contributed by atoms with E-state index >= 15 is 0 Å². The predicted octanol–water partition coefficient (Wildman–Crippen LogP) is 5.42. The summed E-state index contributed by atoms with van der Waals surface area (Å²) in [6.45, 7) is 1.55. The Morgan fingerprint density at radius 3 is 2.57 bits per heavy atom.